The van der Waals surface area contributed by atoms with Gasteiger partial charge in [0, 0.05) is 19.4 Å². The smallest absolute Gasteiger partial charge is 0.331 e. The molecule has 2 rings (SSSR count). The number of rotatable bonds is 10. The first-order chi connectivity index (χ1) is 13.6. The van der Waals surface area contributed by atoms with Crippen molar-refractivity contribution >= 4 is 11.9 Å². The first kappa shape index (κ1) is 21.9. The molecule has 1 fully saturated rings. The van der Waals surface area contributed by atoms with Crippen molar-refractivity contribution in [3.8, 4) is 0 Å². The molecule has 6 nitrogen and oxygen atoms in total. The van der Waals surface area contributed by atoms with Crippen molar-refractivity contribution in [1.29, 1.82) is 0 Å². The minimum Gasteiger partial charge on any atom is -0.467 e. The molecule has 1 aliphatic rings. The van der Waals surface area contributed by atoms with Crippen LogP contribution in [-0.4, -0.2) is 60.9 Å². The van der Waals surface area contributed by atoms with Gasteiger partial charge in [-0.15, -0.1) is 0 Å². The monoisotopic (exact) mass is 387 g/mol. The van der Waals surface area contributed by atoms with Crippen molar-refractivity contribution in [2.75, 3.05) is 26.9 Å². The van der Waals surface area contributed by atoms with Crippen molar-refractivity contribution in [3.63, 3.8) is 0 Å². The molecule has 1 N–H and O–H groups in total. The Labute approximate surface area is 166 Å². The number of aliphatic hydroxyl groups excluding tert-OH is 1. The Morgan fingerprint density at radius 1 is 1.32 bits per heavy atom. The molecule has 0 spiro atoms. The summed E-state index contributed by atoms with van der Waals surface area (Å²) in [6.45, 7) is 0.672. The van der Waals surface area contributed by atoms with Crippen LogP contribution in [-0.2, 0) is 25.5 Å². The predicted molar refractivity (Wildman–Crippen MR) is 107 cm³/mol. The number of methoxy groups -OCH3 is 1. The summed E-state index contributed by atoms with van der Waals surface area (Å²) in [5.41, 5.74) is 1.08. The fourth-order valence-corrected chi connectivity index (χ4v) is 3.09. The molecule has 1 amide bonds. The van der Waals surface area contributed by atoms with E-state index in [0.717, 1.165) is 18.4 Å². The van der Waals surface area contributed by atoms with Gasteiger partial charge in [0.1, 0.15) is 6.61 Å². The minimum absolute atomic E-state index is 0.0210. The summed E-state index contributed by atoms with van der Waals surface area (Å²) in [7, 11) is 1.31. The normalized spacial score (nSPS) is 18.7. The molecule has 0 saturated carbocycles. The molecule has 0 radical (unpaired) electrons. The fraction of sp³-hybridized carbons (Fsp3) is 0.455. The lowest BCUT2D eigenvalue weighted by Crippen LogP contribution is -2.42. The number of nitrogens with zero attached hydrogens (tertiary/aromatic N) is 1. The second-order valence-electron chi connectivity index (χ2n) is 6.71. The third-order valence-corrected chi connectivity index (χ3v) is 4.58. The summed E-state index contributed by atoms with van der Waals surface area (Å²) in [5.74, 6) is -0.308. The molecule has 6 heteroatoms. The maximum absolute atomic E-state index is 12.3. The zero-order chi connectivity index (χ0) is 20.2. The van der Waals surface area contributed by atoms with E-state index < -0.39 is 12.1 Å². The number of aliphatic hydroxyl groups is 1. The van der Waals surface area contributed by atoms with Gasteiger partial charge in [-0.2, -0.15) is 0 Å². The summed E-state index contributed by atoms with van der Waals surface area (Å²) in [4.78, 5) is 25.1. The van der Waals surface area contributed by atoms with Crippen LogP contribution in [0.3, 0.4) is 0 Å². The molecule has 1 saturated heterocycles. The van der Waals surface area contributed by atoms with E-state index in [-0.39, 0.29) is 25.2 Å². The van der Waals surface area contributed by atoms with Gasteiger partial charge in [0.25, 0.3) is 0 Å². The summed E-state index contributed by atoms with van der Waals surface area (Å²) in [5, 5.41) is 10.3. The minimum atomic E-state index is -0.580. The lowest BCUT2D eigenvalue weighted by Gasteiger charge is -2.33. The van der Waals surface area contributed by atoms with E-state index in [4.69, 9.17) is 4.74 Å². The average molecular weight is 387 g/mol. The van der Waals surface area contributed by atoms with Gasteiger partial charge < -0.3 is 19.5 Å². The second kappa shape index (κ2) is 12.1. The highest BCUT2D eigenvalue weighted by atomic mass is 16.6. The number of hydrogen-bond donors (Lipinski definition) is 1. The van der Waals surface area contributed by atoms with Crippen molar-refractivity contribution < 1.29 is 24.2 Å². The summed E-state index contributed by atoms with van der Waals surface area (Å²) in [6, 6.07) is 9.81. The van der Waals surface area contributed by atoms with Gasteiger partial charge in [-0.3, -0.25) is 4.79 Å². The van der Waals surface area contributed by atoms with Crippen LogP contribution in [0.1, 0.15) is 24.8 Å². The molecule has 1 aromatic carbocycles. The lowest BCUT2D eigenvalue weighted by molar-refractivity contribution is -0.145. The predicted octanol–water partition coefficient (Wildman–Crippen LogP) is 2.27. The summed E-state index contributed by atoms with van der Waals surface area (Å²) >= 11 is 0. The fourth-order valence-electron chi connectivity index (χ4n) is 3.09. The standard InChI is InChI=1S/C22H29NO5/c1-27-22(26)17-28-15-6-5-14-23-19(10-7-11-21(23)25)12-13-20(24)16-18-8-3-2-4-9-18/h2-6,8-9,12-13,19-20,24H,7,10-11,14-17H2,1H3. The number of ether oxygens (including phenoxy) is 2. The Kier molecular flexibility index (Phi) is 9.45. The van der Waals surface area contributed by atoms with E-state index in [2.05, 4.69) is 4.74 Å². The molecule has 1 aromatic rings. The van der Waals surface area contributed by atoms with E-state index in [9.17, 15) is 14.7 Å². The largest absolute Gasteiger partial charge is 0.467 e. The van der Waals surface area contributed by atoms with Crippen LogP contribution in [0.25, 0.3) is 0 Å². The lowest BCUT2D eigenvalue weighted by atomic mass is 9.99. The maximum Gasteiger partial charge on any atom is 0.331 e. The molecular weight excluding hydrogens is 358 g/mol. The van der Waals surface area contributed by atoms with E-state index in [0.29, 0.717) is 19.4 Å². The van der Waals surface area contributed by atoms with Crippen LogP contribution in [0.15, 0.2) is 54.6 Å². The molecule has 2 atom stereocenters. The number of carbonyl (C=O) groups is 2. The Morgan fingerprint density at radius 3 is 2.86 bits per heavy atom. The molecule has 152 valence electrons. The van der Waals surface area contributed by atoms with Crippen molar-refractivity contribution in [2.45, 2.75) is 37.8 Å². The van der Waals surface area contributed by atoms with E-state index in [1.807, 2.05) is 47.4 Å². The molecule has 1 aliphatic heterocycles. The molecule has 1 heterocycles. The third kappa shape index (κ3) is 7.66. The van der Waals surface area contributed by atoms with Crippen LogP contribution >= 0.6 is 0 Å². The second-order valence-corrected chi connectivity index (χ2v) is 6.71. The SMILES string of the molecule is COC(=O)COCC=CCN1C(=O)CCCC1C=CC(O)Cc1ccccc1. The van der Waals surface area contributed by atoms with Crippen LogP contribution in [0.2, 0.25) is 0 Å². The zero-order valence-corrected chi connectivity index (χ0v) is 16.3. The maximum atomic E-state index is 12.3. The Morgan fingerprint density at radius 2 is 2.11 bits per heavy atom. The van der Waals surface area contributed by atoms with Crippen molar-refractivity contribution in [1.82, 2.24) is 4.90 Å². The van der Waals surface area contributed by atoms with E-state index in [1.165, 1.54) is 7.11 Å². The highest BCUT2D eigenvalue weighted by Crippen LogP contribution is 2.19. The number of piperidine rings is 1. The Balaban J connectivity index is 1.83. The molecule has 0 aromatic heterocycles. The average Bonchev–Trinajstić information content (AvgIpc) is 2.70. The first-order valence-electron chi connectivity index (χ1n) is 9.59. The van der Waals surface area contributed by atoms with Crippen molar-refractivity contribution in [2.24, 2.45) is 0 Å². The third-order valence-electron chi connectivity index (χ3n) is 4.58. The number of carbonyl (C=O) groups excluding carboxylic acids is 2. The zero-order valence-electron chi connectivity index (χ0n) is 16.3. The molecule has 28 heavy (non-hydrogen) atoms. The van der Waals surface area contributed by atoms with E-state index in [1.54, 1.807) is 12.2 Å². The van der Waals surface area contributed by atoms with Gasteiger partial charge >= 0.3 is 5.97 Å². The van der Waals surface area contributed by atoms with Crippen LogP contribution in [0.4, 0.5) is 0 Å². The number of esters is 1. The summed E-state index contributed by atoms with van der Waals surface area (Å²) in [6.07, 6.45) is 9.62. The highest BCUT2D eigenvalue weighted by Gasteiger charge is 2.25. The van der Waals surface area contributed by atoms with Gasteiger partial charge in [0.2, 0.25) is 5.91 Å². The summed E-state index contributed by atoms with van der Waals surface area (Å²) < 4.78 is 9.65. The molecule has 0 bridgehead atoms. The van der Waals surface area contributed by atoms with Crippen LogP contribution < -0.4 is 0 Å². The van der Waals surface area contributed by atoms with Crippen molar-refractivity contribution in [3.05, 3.63) is 60.2 Å². The van der Waals surface area contributed by atoms with Gasteiger partial charge in [-0.25, -0.2) is 4.79 Å². The highest BCUT2D eigenvalue weighted by molar-refractivity contribution is 5.77. The molecule has 0 aliphatic carbocycles. The van der Waals surface area contributed by atoms with Crippen LogP contribution in [0, 0.1) is 0 Å². The molecule has 2 unspecified atom stereocenters. The Hall–Kier alpha value is -2.44. The van der Waals surface area contributed by atoms with Gasteiger partial charge in [-0.05, 0) is 18.4 Å². The number of benzene rings is 1. The first-order valence-corrected chi connectivity index (χ1v) is 9.59. The molecular formula is C22H29NO5. The Bertz CT molecular complexity index is 671. The van der Waals surface area contributed by atoms with Crippen LogP contribution in [0.5, 0.6) is 0 Å². The van der Waals surface area contributed by atoms with E-state index >= 15 is 0 Å². The number of hydrogen-bond acceptors (Lipinski definition) is 5. The topological polar surface area (TPSA) is 76.1 Å². The number of amides is 1. The van der Waals surface area contributed by atoms with Gasteiger partial charge in [0.05, 0.1) is 25.9 Å². The number of likely N-dealkylation sites (tertiary alicyclic amines) is 1. The van der Waals surface area contributed by atoms with Gasteiger partial charge in [0.15, 0.2) is 0 Å². The van der Waals surface area contributed by atoms with Gasteiger partial charge in [-0.1, -0.05) is 54.6 Å². The quantitative estimate of drug-likeness (QED) is 0.379.